The van der Waals surface area contributed by atoms with Crippen molar-refractivity contribution in [2.45, 2.75) is 71.6 Å². The maximum absolute atomic E-state index is 14.9. The molecule has 172 valence electrons. The van der Waals surface area contributed by atoms with Crippen LogP contribution in [0, 0.1) is 5.82 Å². The lowest BCUT2D eigenvalue weighted by atomic mass is 9.99. The first-order valence-electron chi connectivity index (χ1n) is 11.1. The number of benzene rings is 1. The summed E-state index contributed by atoms with van der Waals surface area (Å²) in [7, 11) is 0.592. The maximum Gasteiger partial charge on any atom is 0.328 e. The predicted octanol–water partition coefficient (Wildman–Crippen LogP) is 6.64. The number of hydrogen-bond donors (Lipinski definition) is 1. The van der Waals surface area contributed by atoms with Crippen molar-refractivity contribution in [2.75, 3.05) is 17.6 Å². The summed E-state index contributed by atoms with van der Waals surface area (Å²) in [5, 5.41) is 2.60. The Balaban J connectivity index is 2.28. The van der Waals surface area contributed by atoms with Crippen LogP contribution < -0.4 is 15.0 Å². The van der Waals surface area contributed by atoms with Crippen molar-refractivity contribution in [1.82, 2.24) is 5.32 Å². The SMILES string of the molecule is CCCCN(C(=O)NC(=O)C1=CCCCC1)c1cc(OC(CC)PCC)c(Cl)cc1F. The summed E-state index contributed by atoms with van der Waals surface area (Å²) in [4.78, 5) is 26.7. The number of urea groups is 1. The third-order valence-corrected chi connectivity index (χ3v) is 6.83. The van der Waals surface area contributed by atoms with Crippen LogP contribution in [0.3, 0.4) is 0 Å². The molecule has 1 aromatic carbocycles. The van der Waals surface area contributed by atoms with Gasteiger partial charge < -0.3 is 4.74 Å². The average molecular weight is 471 g/mol. The Morgan fingerprint density at radius 1 is 1.29 bits per heavy atom. The minimum Gasteiger partial charge on any atom is -0.485 e. The van der Waals surface area contributed by atoms with Crippen LogP contribution in [0.25, 0.3) is 0 Å². The first kappa shape index (κ1) is 25.6. The zero-order valence-corrected chi connectivity index (χ0v) is 20.4. The molecule has 1 aliphatic rings. The molecule has 0 saturated heterocycles. The number of amides is 3. The number of anilines is 1. The van der Waals surface area contributed by atoms with Gasteiger partial charge in [0.15, 0.2) is 0 Å². The number of hydrogen-bond acceptors (Lipinski definition) is 3. The molecule has 1 aliphatic carbocycles. The molecule has 2 atom stereocenters. The summed E-state index contributed by atoms with van der Waals surface area (Å²) in [6.45, 7) is 6.37. The van der Waals surface area contributed by atoms with Crippen molar-refractivity contribution in [3.63, 3.8) is 0 Å². The molecule has 31 heavy (non-hydrogen) atoms. The Morgan fingerprint density at radius 2 is 2.06 bits per heavy atom. The minimum absolute atomic E-state index is 0.0152. The van der Waals surface area contributed by atoms with Gasteiger partial charge in [0.1, 0.15) is 17.4 Å². The molecule has 2 unspecified atom stereocenters. The van der Waals surface area contributed by atoms with Gasteiger partial charge in [-0.25, -0.2) is 9.18 Å². The van der Waals surface area contributed by atoms with Crippen LogP contribution >= 0.6 is 20.2 Å². The van der Waals surface area contributed by atoms with Crippen LogP contribution in [-0.4, -0.2) is 30.5 Å². The highest BCUT2D eigenvalue weighted by Gasteiger charge is 2.25. The van der Waals surface area contributed by atoms with E-state index in [1.54, 1.807) is 0 Å². The van der Waals surface area contributed by atoms with E-state index in [1.807, 2.05) is 19.9 Å². The molecule has 1 aromatic rings. The topological polar surface area (TPSA) is 58.6 Å². The molecule has 0 heterocycles. The quantitative estimate of drug-likeness (QED) is 0.390. The van der Waals surface area contributed by atoms with Gasteiger partial charge in [-0.3, -0.25) is 15.0 Å². The van der Waals surface area contributed by atoms with E-state index in [2.05, 4.69) is 12.2 Å². The van der Waals surface area contributed by atoms with Crippen LogP contribution in [-0.2, 0) is 4.79 Å². The van der Waals surface area contributed by atoms with Crippen molar-refractivity contribution in [3.8, 4) is 5.75 Å². The fourth-order valence-corrected chi connectivity index (χ4v) is 4.55. The lowest BCUT2D eigenvalue weighted by molar-refractivity contribution is -0.116. The van der Waals surface area contributed by atoms with Gasteiger partial charge in [-0.1, -0.05) is 53.4 Å². The van der Waals surface area contributed by atoms with E-state index in [4.69, 9.17) is 16.3 Å². The lowest BCUT2D eigenvalue weighted by Gasteiger charge is -2.25. The second-order valence-corrected chi connectivity index (χ2v) is 9.71. The van der Waals surface area contributed by atoms with Crippen molar-refractivity contribution in [3.05, 3.63) is 34.6 Å². The van der Waals surface area contributed by atoms with E-state index in [9.17, 15) is 14.0 Å². The molecule has 0 spiro atoms. The van der Waals surface area contributed by atoms with E-state index in [1.165, 1.54) is 17.0 Å². The molecule has 0 saturated carbocycles. The van der Waals surface area contributed by atoms with Crippen LogP contribution in [0.2, 0.25) is 5.02 Å². The zero-order chi connectivity index (χ0) is 22.8. The third kappa shape index (κ3) is 7.47. The summed E-state index contributed by atoms with van der Waals surface area (Å²) >= 11 is 6.23. The van der Waals surface area contributed by atoms with E-state index in [0.717, 1.165) is 38.3 Å². The van der Waals surface area contributed by atoms with E-state index in [-0.39, 0.29) is 23.1 Å². The maximum atomic E-state index is 14.9. The van der Waals surface area contributed by atoms with Crippen LogP contribution in [0.4, 0.5) is 14.9 Å². The van der Waals surface area contributed by atoms with Gasteiger partial charge in [0.2, 0.25) is 0 Å². The second kappa shape index (κ2) is 13.0. The first-order valence-corrected chi connectivity index (χ1v) is 12.8. The number of unbranched alkanes of at least 4 members (excludes halogenated alkanes) is 1. The Morgan fingerprint density at radius 3 is 2.68 bits per heavy atom. The van der Waals surface area contributed by atoms with Gasteiger partial charge in [-0.05, 0) is 50.8 Å². The number of rotatable bonds is 10. The van der Waals surface area contributed by atoms with Gasteiger partial charge in [-0.15, -0.1) is 0 Å². The monoisotopic (exact) mass is 470 g/mol. The van der Waals surface area contributed by atoms with Gasteiger partial charge >= 0.3 is 6.03 Å². The zero-order valence-electron chi connectivity index (χ0n) is 18.6. The molecule has 0 bridgehead atoms. The van der Waals surface area contributed by atoms with E-state index < -0.39 is 17.8 Å². The number of allylic oxidation sites excluding steroid dienone is 1. The van der Waals surface area contributed by atoms with Gasteiger partial charge in [0.25, 0.3) is 5.91 Å². The summed E-state index contributed by atoms with van der Waals surface area (Å²) in [5.74, 6) is -0.703. The standard InChI is InChI=1S/C23H33ClFN2O3P/c1-4-7-13-27(23(29)26-22(28)16-11-9-8-10-12-16)19-15-20(17(24)14-18(19)25)30-21(5-2)31-6-3/h11,14-15,21,31H,4-10,12-13H2,1-3H3,(H,26,28,29). The highest BCUT2D eigenvalue weighted by molar-refractivity contribution is 7.38. The van der Waals surface area contributed by atoms with Gasteiger partial charge in [-0.2, -0.15) is 0 Å². The van der Waals surface area contributed by atoms with Crippen molar-refractivity contribution in [2.24, 2.45) is 0 Å². The number of nitrogens with one attached hydrogen (secondary N) is 1. The molecule has 3 amide bonds. The number of ether oxygens (including phenoxy) is 1. The Bertz CT molecular complexity index is 803. The Kier molecular flexibility index (Phi) is 10.8. The van der Waals surface area contributed by atoms with Crippen molar-refractivity contribution < 1.29 is 18.7 Å². The van der Waals surface area contributed by atoms with Crippen LogP contribution in [0.1, 0.15) is 65.7 Å². The molecule has 2 rings (SSSR count). The smallest absolute Gasteiger partial charge is 0.328 e. The molecule has 0 fully saturated rings. The van der Waals surface area contributed by atoms with Crippen molar-refractivity contribution in [1.29, 1.82) is 0 Å². The number of nitrogens with zero attached hydrogens (tertiary/aromatic N) is 1. The molecule has 1 N–H and O–H groups in total. The summed E-state index contributed by atoms with van der Waals surface area (Å²) < 4.78 is 20.9. The van der Waals surface area contributed by atoms with Crippen LogP contribution in [0.15, 0.2) is 23.8 Å². The summed E-state index contributed by atoms with van der Waals surface area (Å²) in [6, 6.07) is 2.01. The molecular formula is C23H33ClFN2O3P. The van der Waals surface area contributed by atoms with Crippen LogP contribution in [0.5, 0.6) is 5.75 Å². The minimum atomic E-state index is -0.639. The molecule has 8 heteroatoms. The highest BCUT2D eigenvalue weighted by Crippen LogP contribution is 2.36. The fourth-order valence-electron chi connectivity index (χ4n) is 3.40. The van der Waals surface area contributed by atoms with Crippen molar-refractivity contribution >= 4 is 37.8 Å². The molecule has 0 radical (unpaired) electrons. The highest BCUT2D eigenvalue weighted by atomic mass is 35.5. The molecule has 0 aromatic heterocycles. The number of carbonyl (C=O) groups excluding carboxylic acids is 2. The largest absolute Gasteiger partial charge is 0.485 e. The normalized spacial score (nSPS) is 14.9. The number of carbonyl (C=O) groups is 2. The fraction of sp³-hybridized carbons (Fsp3) is 0.565. The Labute approximate surface area is 191 Å². The molecule has 5 nitrogen and oxygen atoms in total. The third-order valence-electron chi connectivity index (χ3n) is 5.15. The van der Waals surface area contributed by atoms with Gasteiger partial charge in [0, 0.05) is 18.2 Å². The lowest BCUT2D eigenvalue weighted by Crippen LogP contribution is -2.44. The molecule has 0 aliphatic heterocycles. The number of halogens is 2. The molecular weight excluding hydrogens is 438 g/mol. The average Bonchev–Trinajstić information content (AvgIpc) is 2.76. The summed E-state index contributed by atoms with van der Waals surface area (Å²) in [6.07, 6.45) is 8.59. The predicted molar refractivity (Wildman–Crippen MR) is 127 cm³/mol. The van der Waals surface area contributed by atoms with E-state index >= 15 is 0 Å². The summed E-state index contributed by atoms with van der Waals surface area (Å²) in [5.41, 5.74) is 0.674. The van der Waals surface area contributed by atoms with E-state index in [0.29, 0.717) is 32.7 Å². The number of imide groups is 1. The Hall–Kier alpha value is -1.65. The van der Waals surface area contributed by atoms with Gasteiger partial charge in [0.05, 0.1) is 10.7 Å². The first-order chi connectivity index (χ1) is 14.9. The second-order valence-electron chi connectivity index (χ2n) is 7.55.